The summed E-state index contributed by atoms with van der Waals surface area (Å²) in [6.07, 6.45) is 1.42. The van der Waals surface area contributed by atoms with E-state index in [4.69, 9.17) is 20.8 Å². The van der Waals surface area contributed by atoms with Crippen molar-refractivity contribution in [2.24, 2.45) is 0 Å². The molecular weight excluding hydrogens is 580 g/mol. The summed E-state index contributed by atoms with van der Waals surface area (Å²) >= 11 is 8.93. The van der Waals surface area contributed by atoms with Crippen LogP contribution in [0, 0.1) is 10.1 Å². The number of anilines is 1. The highest BCUT2D eigenvalue weighted by Crippen LogP contribution is 2.29. The lowest BCUT2D eigenvalue weighted by atomic mass is 10.3. The summed E-state index contributed by atoms with van der Waals surface area (Å²) in [5.74, 6) is -0.512. The summed E-state index contributed by atoms with van der Waals surface area (Å²) in [6, 6.07) is 12.7. The number of hydrogen-bond donors (Lipinski definition) is 1. The summed E-state index contributed by atoms with van der Waals surface area (Å²) in [5.41, 5.74) is 0.163. The van der Waals surface area contributed by atoms with E-state index in [9.17, 15) is 23.3 Å². The first-order chi connectivity index (χ1) is 17.1. The van der Waals surface area contributed by atoms with Gasteiger partial charge in [0.1, 0.15) is 22.5 Å². The Kier molecular flexibility index (Phi) is 7.15. The summed E-state index contributed by atoms with van der Waals surface area (Å²) in [7, 11) is -2.55. The maximum absolute atomic E-state index is 13.1. The van der Waals surface area contributed by atoms with E-state index < -0.39 is 20.7 Å². The molecule has 2 aromatic carbocycles. The van der Waals surface area contributed by atoms with Gasteiger partial charge in [-0.1, -0.05) is 11.6 Å². The van der Waals surface area contributed by atoms with E-state index in [1.165, 1.54) is 72.6 Å². The van der Waals surface area contributed by atoms with E-state index in [-0.39, 0.29) is 43.8 Å². The topological polar surface area (TPSA) is 147 Å². The number of rotatable bonds is 8. The quantitative estimate of drug-likeness (QED) is 0.223. The molecule has 0 aliphatic rings. The van der Waals surface area contributed by atoms with Gasteiger partial charge < -0.3 is 24.6 Å². The summed E-state index contributed by atoms with van der Waals surface area (Å²) in [5, 5.41) is 17.8. The van der Waals surface area contributed by atoms with E-state index >= 15 is 0 Å². The molecule has 0 radical (unpaired) electrons. The maximum atomic E-state index is 13.1. The van der Waals surface area contributed by atoms with Crippen LogP contribution in [-0.2, 0) is 16.4 Å². The SMILES string of the molecule is COc1cc(NC(=O)c2ccc(Cn3cc(Br)c([N+](=O)[O-])n3)o2)cc(S(=O)(=O)c2ccc(Cl)cc2)c1. The number of furan rings is 1. The van der Waals surface area contributed by atoms with Crippen molar-refractivity contribution < 1.29 is 27.3 Å². The number of nitrogens with one attached hydrogen (secondary N) is 1. The number of carbonyl (C=O) groups is 1. The molecule has 186 valence electrons. The van der Waals surface area contributed by atoms with E-state index in [0.717, 1.165) is 0 Å². The molecule has 0 saturated carbocycles. The molecule has 11 nitrogen and oxygen atoms in total. The monoisotopic (exact) mass is 594 g/mol. The Labute approximate surface area is 217 Å². The molecule has 0 unspecified atom stereocenters. The minimum atomic E-state index is -3.92. The van der Waals surface area contributed by atoms with E-state index in [2.05, 4.69) is 26.3 Å². The Bertz CT molecular complexity index is 1570. The smallest absolute Gasteiger partial charge is 0.404 e. The van der Waals surface area contributed by atoms with Crippen LogP contribution in [0.2, 0.25) is 5.02 Å². The highest BCUT2D eigenvalue weighted by Gasteiger charge is 2.22. The van der Waals surface area contributed by atoms with Crippen LogP contribution in [-0.4, -0.2) is 36.1 Å². The van der Waals surface area contributed by atoms with Crippen molar-refractivity contribution in [1.82, 2.24) is 9.78 Å². The number of sulfone groups is 1. The zero-order valence-electron chi connectivity index (χ0n) is 18.3. The minimum absolute atomic E-state index is 0.0265. The number of nitro groups is 1. The average Bonchev–Trinajstić information content (AvgIpc) is 3.45. The Morgan fingerprint density at radius 2 is 1.92 bits per heavy atom. The third-order valence-corrected chi connectivity index (χ3v) is 7.44. The van der Waals surface area contributed by atoms with Gasteiger partial charge >= 0.3 is 5.82 Å². The van der Waals surface area contributed by atoms with Crippen LogP contribution in [0.5, 0.6) is 5.75 Å². The number of benzene rings is 2. The van der Waals surface area contributed by atoms with Gasteiger partial charge in [-0.3, -0.25) is 4.79 Å². The Hall–Kier alpha value is -3.68. The van der Waals surface area contributed by atoms with E-state index in [0.29, 0.717) is 10.8 Å². The fraction of sp³-hybridized carbons (Fsp3) is 0.0909. The summed E-state index contributed by atoms with van der Waals surface area (Å²) < 4.78 is 38.4. The number of amides is 1. The van der Waals surface area contributed by atoms with E-state index in [1.807, 2.05) is 0 Å². The van der Waals surface area contributed by atoms with Gasteiger partial charge in [-0.2, -0.15) is 4.68 Å². The Morgan fingerprint density at radius 1 is 1.19 bits per heavy atom. The molecule has 14 heteroatoms. The van der Waals surface area contributed by atoms with Crippen LogP contribution in [0.1, 0.15) is 16.3 Å². The molecule has 0 bridgehead atoms. The molecule has 4 aromatic rings. The molecule has 2 heterocycles. The molecule has 0 aliphatic carbocycles. The molecular formula is C22H16BrClN4O7S. The van der Waals surface area contributed by atoms with Crippen molar-refractivity contribution >= 4 is 54.8 Å². The number of methoxy groups -OCH3 is 1. The number of carbonyl (C=O) groups excluding carboxylic acids is 1. The summed E-state index contributed by atoms with van der Waals surface area (Å²) in [4.78, 5) is 23.0. The van der Waals surface area contributed by atoms with Crippen LogP contribution in [0.15, 0.2) is 79.5 Å². The molecule has 36 heavy (non-hydrogen) atoms. The van der Waals surface area contributed by atoms with Crippen molar-refractivity contribution in [1.29, 1.82) is 0 Å². The van der Waals surface area contributed by atoms with Gasteiger partial charge in [-0.25, -0.2) is 8.42 Å². The van der Waals surface area contributed by atoms with Crippen molar-refractivity contribution in [2.75, 3.05) is 12.4 Å². The van der Waals surface area contributed by atoms with E-state index in [1.54, 1.807) is 0 Å². The Balaban J connectivity index is 1.55. The second-order valence-corrected chi connectivity index (χ2v) is 10.6. The van der Waals surface area contributed by atoms with Crippen molar-refractivity contribution in [3.05, 3.63) is 91.9 Å². The van der Waals surface area contributed by atoms with Gasteiger partial charge in [0.05, 0.1) is 28.2 Å². The van der Waals surface area contributed by atoms with Gasteiger partial charge in [-0.15, -0.1) is 0 Å². The Morgan fingerprint density at radius 3 is 2.56 bits per heavy atom. The van der Waals surface area contributed by atoms with Crippen LogP contribution in [0.4, 0.5) is 11.5 Å². The minimum Gasteiger partial charge on any atom is -0.497 e. The van der Waals surface area contributed by atoms with Crippen LogP contribution >= 0.6 is 27.5 Å². The lowest BCUT2D eigenvalue weighted by molar-refractivity contribution is -0.390. The lowest BCUT2D eigenvalue weighted by Gasteiger charge is -2.11. The highest BCUT2D eigenvalue weighted by atomic mass is 79.9. The van der Waals surface area contributed by atoms with Gasteiger partial charge in [-0.05, 0) is 69.4 Å². The normalized spacial score (nSPS) is 11.3. The first-order valence-corrected chi connectivity index (χ1v) is 12.7. The van der Waals surface area contributed by atoms with Crippen molar-refractivity contribution in [2.45, 2.75) is 16.3 Å². The van der Waals surface area contributed by atoms with Gasteiger partial charge in [0.25, 0.3) is 5.91 Å². The number of aromatic nitrogens is 2. The second-order valence-electron chi connectivity index (χ2n) is 7.33. The summed E-state index contributed by atoms with van der Waals surface area (Å²) in [6.45, 7) is 0.0440. The molecule has 0 spiro atoms. The molecule has 0 fully saturated rings. The lowest BCUT2D eigenvalue weighted by Crippen LogP contribution is -2.12. The molecule has 0 aliphatic heterocycles. The number of nitrogens with zero attached hydrogens (tertiary/aromatic N) is 3. The highest BCUT2D eigenvalue weighted by molar-refractivity contribution is 9.10. The average molecular weight is 596 g/mol. The van der Waals surface area contributed by atoms with Gasteiger partial charge in [0, 0.05) is 16.8 Å². The standard InChI is InChI=1S/C22H16BrClN4O7S/c1-34-16-8-14(9-18(10-16)36(32,33)17-5-2-13(24)3-6-17)25-22(29)20-7-4-15(35-20)11-27-12-19(23)21(26-27)28(30)31/h2-10,12H,11H2,1H3,(H,25,29). The predicted molar refractivity (Wildman–Crippen MR) is 132 cm³/mol. The zero-order chi connectivity index (χ0) is 26.0. The van der Waals surface area contributed by atoms with Crippen LogP contribution in [0.25, 0.3) is 0 Å². The number of halogens is 2. The zero-order valence-corrected chi connectivity index (χ0v) is 21.5. The van der Waals surface area contributed by atoms with Crippen LogP contribution in [0.3, 0.4) is 0 Å². The first-order valence-electron chi connectivity index (χ1n) is 10.0. The van der Waals surface area contributed by atoms with Gasteiger partial charge in [0.15, 0.2) is 5.76 Å². The molecule has 0 saturated heterocycles. The fourth-order valence-electron chi connectivity index (χ4n) is 3.20. The van der Waals surface area contributed by atoms with Crippen LogP contribution < -0.4 is 10.1 Å². The molecule has 1 N–H and O–H groups in total. The second kappa shape index (κ2) is 10.1. The largest absolute Gasteiger partial charge is 0.497 e. The number of hydrogen-bond acceptors (Lipinski definition) is 8. The first kappa shape index (κ1) is 25.4. The molecule has 4 rings (SSSR count). The third kappa shape index (κ3) is 5.42. The fourth-order valence-corrected chi connectivity index (χ4v) is 5.10. The third-order valence-electron chi connectivity index (χ3n) is 4.88. The van der Waals surface area contributed by atoms with Crippen molar-refractivity contribution in [3.63, 3.8) is 0 Å². The van der Waals surface area contributed by atoms with Crippen molar-refractivity contribution in [3.8, 4) is 5.75 Å². The molecule has 1 amide bonds. The number of ether oxygens (including phenoxy) is 1. The molecule has 0 atom stereocenters. The predicted octanol–water partition coefficient (Wildman–Crippen LogP) is 4.94. The molecule has 2 aromatic heterocycles. The van der Waals surface area contributed by atoms with Gasteiger partial charge in [0.2, 0.25) is 9.84 Å². The maximum Gasteiger partial charge on any atom is 0.404 e.